The molecule has 0 saturated carbocycles. The van der Waals surface area contributed by atoms with Crippen molar-refractivity contribution in [2.24, 2.45) is 5.73 Å². The molecule has 0 atom stereocenters. The molecule has 1 aromatic rings. The van der Waals surface area contributed by atoms with Gasteiger partial charge in [0.25, 0.3) is 0 Å². The number of carbonyl (C=O) groups excluding carboxylic acids is 1. The quantitative estimate of drug-likeness (QED) is 0.629. The van der Waals surface area contributed by atoms with E-state index in [1.165, 1.54) is 0 Å². The smallest absolute Gasteiger partial charge is 0.224 e. The minimum Gasteiger partial charge on any atom is -0.330 e. The predicted molar refractivity (Wildman–Crippen MR) is 107 cm³/mol. The van der Waals surface area contributed by atoms with Crippen LogP contribution >= 0.6 is 12.4 Å². The number of carbonyl (C=O) groups is 1. The minimum absolute atomic E-state index is 0. The molecular weight excluding hydrogens is 360 g/mol. The molecule has 0 spiro atoms. The molecule has 0 fully saturated rings. The van der Waals surface area contributed by atoms with Crippen LogP contribution in [-0.2, 0) is 20.4 Å². The summed E-state index contributed by atoms with van der Waals surface area (Å²) in [5, 5.41) is 2.84. The summed E-state index contributed by atoms with van der Waals surface area (Å²) >= 11 is 0. The molecule has 7 heteroatoms. The van der Waals surface area contributed by atoms with Crippen LogP contribution in [0.5, 0.6) is 0 Å². The van der Waals surface area contributed by atoms with Gasteiger partial charge in [0.1, 0.15) is 0 Å². The van der Waals surface area contributed by atoms with E-state index in [1.807, 2.05) is 0 Å². The number of amides is 1. The fourth-order valence-electron chi connectivity index (χ4n) is 2.18. The predicted octanol–water partition coefficient (Wildman–Crippen LogP) is 3.67. The Morgan fingerprint density at radius 2 is 1.76 bits per heavy atom. The second-order valence-corrected chi connectivity index (χ2v) is 9.82. The standard InChI is InChI=1S/C18H30N2O3S.ClH/c1-18(2,3)24(22,23)14-15-9-8-10-16(13-15)20-17(21)11-6-4-5-7-12-19;/h8-10,13H,4-7,11-12,14,19H2,1-3H3,(H,20,21);1H. The van der Waals surface area contributed by atoms with Crippen LogP contribution in [0.15, 0.2) is 24.3 Å². The molecule has 0 aliphatic carbocycles. The Morgan fingerprint density at radius 1 is 1.12 bits per heavy atom. The van der Waals surface area contributed by atoms with Crippen molar-refractivity contribution < 1.29 is 13.2 Å². The molecule has 25 heavy (non-hydrogen) atoms. The molecule has 1 rings (SSSR count). The molecule has 0 saturated heterocycles. The summed E-state index contributed by atoms with van der Waals surface area (Å²) in [7, 11) is -3.24. The van der Waals surface area contributed by atoms with Crippen LogP contribution in [0.25, 0.3) is 0 Å². The topological polar surface area (TPSA) is 89.3 Å². The molecule has 0 aromatic heterocycles. The van der Waals surface area contributed by atoms with Crippen molar-refractivity contribution >= 4 is 33.8 Å². The van der Waals surface area contributed by atoms with E-state index in [9.17, 15) is 13.2 Å². The van der Waals surface area contributed by atoms with Crippen molar-refractivity contribution in [3.63, 3.8) is 0 Å². The lowest BCUT2D eigenvalue weighted by Crippen LogP contribution is -2.29. The van der Waals surface area contributed by atoms with E-state index in [0.29, 0.717) is 24.2 Å². The van der Waals surface area contributed by atoms with Gasteiger partial charge in [0.15, 0.2) is 9.84 Å². The SMILES string of the molecule is CC(C)(C)S(=O)(=O)Cc1cccc(NC(=O)CCCCCCN)c1.Cl. The summed E-state index contributed by atoms with van der Waals surface area (Å²) in [6.07, 6.45) is 4.34. The van der Waals surface area contributed by atoms with Gasteiger partial charge in [0.2, 0.25) is 5.91 Å². The van der Waals surface area contributed by atoms with Crippen LogP contribution in [0.1, 0.15) is 58.4 Å². The van der Waals surface area contributed by atoms with Gasteiger partial charge in [-0.3, -0.25) is 4.79 Å². The third-order valence-corrected chi connectivity index (χ3v) is 6.44. The first-order valence-electron chi connectivity index (χ1n) is 8.47. The maximum absolute atomic E-state index is 12.3. The van der Waals surface area contributed by atoms with E-state index in [-0.39, 0.29) is 24.1 Å². The second-order valence-electron chi connectivity index (χ2n) is 7.07. The first kappa shape index (κ1) is 23.9. The van der Waals surface area contributed by atoms with Gasteiger partial charge in [0.05, 0.1) is 10.5 Å². The molecule has 0 radical (unpaired) electrons. The third-order valence-electron chi connectivity index (χ3n) is 3.86. The molecule has 5 nitrogen and oxygen atoms in total. The average Bonchev–Trinajstić information content (AvgIpc) is 2.45. The fourth-order valence-corrected chi connectivity index (χ4v) is 3.23. The van der Waals surface area contributed by atoms with E-state index in [0.717, 1.165) is 25.7 Å². The molecule has 144 valence electrons. The number of nitrogens with one attached hydrogen (secondary N) is 1. The van der Waals surface area contributed by atoms with Gasteiger partial charge < -0.3 is 11.1 Å². The molecular formula is C18H31ClN2O3S. The highest BCUT2D eigenvalue weighted by atomic mass is 35.5. The van der Waals surface area contributed by atoms with Crippen LogP contribution in [0.3, 0.4) is 0 Å². The van der Waals surface area contributed by atoms with Crippen molar-refractivity contribution in [1.29, 1.82) is 0 Å². The number of rotatable bonds is 9. The lowest BCUT2D eigenvalue weighted by molar-refractivity contribution is -0.116. The van der Waals surface area contributed by atoms with Crippen LogP contribution in [0, 0.1) is 0 Å². The molecule has 0 unspecified atom stereocenters. The van der Waals surface area contributed by atoms with Gasteiger partial charge in [0, 0.05) is 12.1 Å². The lowest BCUT2D eigenvalue weighted by atomic mass is 10.1. The van der Waals surface area contributed by atoms with Gasteiger partial charge >= 0.3 is 0 Å². The highest BCUT2D eigenvalue weighted by Crippen LogP contribution is 2.22. The zero-order chi connectivity index (χ0) is 18.2. The summed E-state index contributed by atoms with van der Waals surface area (Å²) in [6.45, 7) is 5.77. The molecule has 3 N–H and O–H groups in total. The Morgan fingerprint density at radius 3 is 2.36 bits per heavy atom. The van der Waals surface area contributed by atoms with Crippen LogP contribution in [0.4, 0.5) is 5.69 Å². The van der Waals surface area contributed by atoms with Gasteiger partial charge in [-0.25, -0.2) is 8.42 Å². The summed E-state index contributed by atoms with van der Waals surface area (Å²) < 4.78 is 23.8. The number of hydrogen-bond donors (Lipinski definition) is 2. The molecule has 0 aliphatic heterocycles. The highest BCUT2D eigenvalue weighted by Gasteiger charge is 2.28. The molecule has 0 heterocycles. The number of sulfone groups is 1. The molecule has 1 aromatic carbocycles. The zero-order valence-electron chi connectivity index (χ0n) is 15.4. The van der Waals surface area contributed by atoms with Crippen LogP contribution < -0.4 is 11.1 Å². The van der Waals surface area contributed by atoms with Crippen molar-refractivity contribution in [1.82, 2.24) is 0 Å². The Balaban J connectivity index is 0.00000576. The van der Waals surface area contributed by atoms with Gasteiger partial charge in [-0.1, -0.05) is 25.0 Å². The largest absolute Gasteiger partial charge is 0.330 e. The van der Waals surface area contributed by atoms with Crippen molar-refractivity contribution in [2.75, 3.05) is 11.9 Å². The van der Waals surface area contributed by atoms with Crippen molar-refractivity contribution in [2.45, 2.75) is 63.4 Å². The summed E-state index contributed by atoms with van der Waals surface area (Å²) in [6, 6.07) is 7.05. The number of nitrogens with two attached hydrogens (primary N) is 1. The number of hydrogen-bond acceptors (Lipinski definition) is 4. The number of anilines is 1. The first-order valence-corrected chi connectivity index (χ1v) is 10.1. The number of benzene rings is 1. The lowest BCUT2D eigenvalue weighted by Gasteiger charge is -2.19. The highest BCUT2D eigenvalue weighted by molar-refractivity contribution is 7.91. The zero-order valence-corrected chi connectivity index (χ0v) is 17.0. The van der Waals surface area contributed by atoms with Gasteiger partial charge in [-0.2, -0.15) is 0 Å². The molecule has 0 aliphatic rings. The summed E-state index contributed by atoms with van der Waals surface area (Å²) in [5.74, 6) is -0.0715. The average molecular weight is 391 g/mol. The van der Waals surface area contributed by atoms with Crippen LogP contribution in [0.2, 0.25) is 0 Å². The van der Waals surface area contributed by atoms with Crippen molar-refractivity contribution in [3.05, 3.63) is 29.8 Å². The minimum atomic E-state index is -3.24. The first-order chi connectivity index (χ1) is 11.2. The normalized spacial score (nSPS) is 11.7. The second kappa shape index (κ2) is 10.8. The van der Waals surface area contributed by atoms with Gasteiger partial charge in [-0.15, -0.1) is 12.4 Å². The summed E-state index contributed by atoms with van der Waals surface area (Å²) in [5.41, 5.74) is 6.76. The summed E-state index contributed by atoms with van der Waals surface area (Å²) in [4.78, 5) is 11.9. The van der Waals surface area contributed by atoms with E-state index >= 15 is 0 Å². The maximum atomic E-state index is 12.3. The van der Waals surface area contributed by atoms with Crippen molar-refractivity contribution in [3.8, 4) is 0 Å². The number of halogens is 1. The third kappa shape index (κ3) is 8.70. The monoisotopic (exact) mass is 390 g/mol. The Labute approximate surface area is 158 Å². The van der Waals surface area contributed by atoms with E-state index in [1.54, 1.807) is 45.0 Å². The fraction of sp³-hybridized carbons (Fsp3) is 0.611. The number of unbranched alkanes of at least 4 members (excludes halogenated alkanes) is 3. The molecule has 1 amide bonds. The maximum Gasteiger partial charge on any atom is 0.224 e. The Bertz CT molecular complexity index is 640. The Kier molecular flexibility index (Phi) is 10.3. The van der Waals surface area contributed by atoms with E-state index < -0.39 is 14.6 Å². The molecule has 0 bridgehead atoms. The van der Waals surface area contributed by atoms with E-state index in [2.05, 4.69) is 5.32 Å². The van der Waals surface area contributed by atoms with Gasteiger partial charge in [-0.05, 0) is 57.9 Å². The van der Waals surface area contributed by atoms with E-state index in [4.69, 9.17) is 5.73 Å². The van der Waals surface area contributed by atoms with Crippen LogP contribution in [-0.4, -0.2) is 25.6 Å². The Hall–Kier alpha value is -1.11.